The highest BCUT2D eigenvalue weighted by Gasteiger charge is 2.30. The van der Waals surface area contributed by atoms with Gasteiger partial charge >= 0.3 is 5.97 Å². The van der Waals surface area contributed by atoms with Crippen LogP contribution in [-0.2, 0) is 27.4 Å². The minimum absolute atomic E-state index is 0.141. The quantitative estimate of drug-likeness (QED) is 0.297. The van der Waals surface area contributed by atoms with Gasteiger partial charge in [0, 0.05) is 6.42 Å². The van der Waals surface area contributed by atoms with Gasteiger partial charge in [-0.15, -0.1) is 0 Å². The molecule has 1 aliphatic carbocycles. The van der Waals surface area contributed by atoms with Crippen molar-refractivity contribution in [3.05, 3.63) is 65.7 Å². The van der Waals surface area contributed by atoms with Crippen molar-refractivity contribution in [1.82, 2.24) is 10.6 Å². The van der Waals surface area contributed by atoms with Crippen LogP contribution in [0.4, 0.5) is 0 Å². The highest BCUT2D eigenvalue weighted by atomic mass is 16.6. The van der Waals surface area contributed by atoms with Crippen molar-refractivity contribution in [3.8, 4) is 5.75 Å². The van der Waals surface area contributed by atoms with Crippen LogP contribution in [0.1, 0.15) is 84.3 Å². The van der Waals surface area contributed by atoms with Crippen molar-refractivity contribution in [2.24, 2.45) is 11.8 Å². The van der Waals surface area contributed by atoms with E-state index >= 15 is 0 Å². The molecule has 39 heavy (non-hydrogen) atoms. The zero-order valence-corrected chi connectivity index (χ0v) is 24.5. The van der Waals surface area contributed by atoms with Gasteiger partial charge in [-0.3, -0.25) is 4.79 Å². The molecule has 0 saturated heterocycles. The Morgan fingerprint density at radius 3 is 2.18 bits per heavy atom. The van der Waals surface area contributed by atoms with Crippen molar-refractivity contribution >= 4 is 11.9 Å². The summed E-state index contributed by atoms with van der Waals surface area (Å²) < 4.78 is 11.6. The topological polar surface area (TPSA) is 76.7 Å². The molecular weight excluding hydrogens is 488 g/mol. The van der Waals surface area contributed by atoms with E-state index in [2.05, 4.69) is 24.5 Å². The fourth-order valence-electron chi connectivity index (χ4n) is 4.99. The number of carbonyl (C=O) groups is 2. The lowest BCUT2D eigenvalue weighted by Gasteiger charge is -2.28. The Morgan fingerprint density at radius 1 is 0.897 bits per heavy atom. The molecule has 0 aromatic heterocycles. The van der Waals surface area contributed by atoms with Gasteiger partial charge < -0.3 is 20.1 Å². The summed E-state index contributed by atoms with van der Waals surface area (Å²) in [6.45, 7) is 11.1. The molecular formula is C33H48N2O4. The largest absolute Gasteiger partial charge is 0.489 e. The predicted molar refractivity (Wildman–Crippen MR) is 157 cm³/mol. The van der Waals surface area contributed by atoms with Crippen molar-refractivity contribution in [2.75, 3.05) is 6.54 Å². The molecule has 1 saturated carbocycles. The second-order valence-corrected chi connectivity index (χ2v) is 12.3. The van der Waals surface area contributed by atoms with Gasteiger partial charge in [-0.05, 0) is 81.7 Å². The van der Waals surface area contributed by atoms with Crippen LogP contribution in [0.2, 0.25) is 0 Å². The molecule has 2 aromatic carbocycles. The number of rotatable bonds is 13. The number of ether oxygens (including phenoxy) is 2. The third kappa shape index (κ3) is 11.4. The lowest BCUT2D eigenvalue weighted by Crippen LogP contribution is -2.53. The summed E-state index contributed by atoms with van der Waals surface area (Å²) in [5.41, 5.74) is 1.38. The Balaban J connectivity index is 1.66. The molecule has 0 spiro atoms. The molecule has 2 atom stereocenters. The highest BCUT2D eigenvalue weighted by molar-refractivity contribution is 5.87. The molecule has 3 rings (SSSR count). The molecule has 0 radical (unpaired) electrons. The monoisotopic (exact) mass is 536 g/mol. The number of nitrogens with one attached hydrogen (secondary N) is 2. The smallest absolute Gasteiger partial charge is 0.329 e. The average molecular weight is 537 g/mol. The normalized spacial score (nSPS) is 15.9. The molecule has 6 heteroatoms. The van der Waals surface area contributed by atoms with Crippen LogP contribution in [0.25, 0.3) is 0 Å². The van der Waals surface area contributed by atoms with Gasteiger partial charge in [0.25, 0.3) is 0 Å². The Morgan fingerprint density at radius 2 is 1.56 bits per heavy atom. The van der Waals surface area contributed by atoms with Gasteiger partial charge in [0.05, 0.1) is 6.04 Å². The molecule has 2 aromatic rings. The molecule has 0 unspecified atom stereocenters. The van der Waals surface area contributed by atoms with Crippen molar-refractivity contribution < 1.29 is 19.1 Å². The lowest BCUT2D eigenvalue weighted by molar-refractivity contribution is -0.158. The van der Waals surface area contributed by atoms with Crippen LogP contribution in [0.5, 0.6) is 5.75 Å². The fraction of sp³-hybridized carbons (Fsp3) is 0.576. The molecule has 6 nitrogen and oxygen atoms in total. The first-order chi connectivity index (χ1) is 18.6. The highest BCUT2D eigenvalue weighted by Crippen LogP contribution is 2.23. The summed E-state index contributed by atoms with van der Waals surface area (Å²) in [5.74, 6) is 1.16. The van der Waals surface area contributed by atoms with Crippen molar-refractivity contribution in [1.29, 1.82) is 0 Å². The number of hydrogen-bond donors (Lipinski definition) is 2. The molecule has 0 aliphatic heterocycles. The number of hydrogen-bond acceptors (Lipinski definition) is 5. The van der Waals surface area contributed by atoms with Crippen molar-refractivity contribution in [2.45, 2.75) is 104 Å². The molecule has 1 amide bonds. The van der Waals surface area contributed by atoms with E-state index in [9.17, 15) is 9.59 Å². The van der Waals surface area contributed by atoms with Crippen LogP contribution in [0.3, 0.4) is 0 Å². The molecule has 1 fully saturated rings. The maximum atomic E-state index is 13.5. The molecule has 0 bridgehead atoms. The fourth-order valence-corrected chi connectivity index (χ4v) is 4.99. The first kappa shape index (κ1) is 30.7. The van der Waals surface area contributed by atoms with E-state index in [4.69, 9.17) is 9.47 Å². The molecule has 2 N–H and O–H groups in total. The van der Waals surface area contributed by atoms with Gasteiger partial charge in [0.2, 0.25) is 5.91 Å². The van der Waals surface area contributed by atoms with Gasteiger partial charge in [-0.1, -0.05) is 75.6 Å². The second-order valence-electron chi connectivity index (χ2n) is 12.3. The van der Waals surface area contributed by atoms with E-state index in [1.165, 1.54) is 32.1 Å². The van der Waals surface area contributed by atoms with Crippen LogP contribution >= 0.6 is 0 Å². The van der Waals surface area contributed by atoms with Crippen molar-refractivity contribution in [3.63, 3.8) is 0 Å². The van der Waals surface area contributed by atoms with E-state index < -0.39 is 17.6 Å². The summed E-state index contributed by atoms with van der Waals surface area (Å²) in [4.78, 5) is 26.7. The summed E-state index contributed by atoms with van der Waals surface area (Å²) in [5, 5.41) is 6.57. The molecule has 0 heterocycles. The zero-order valence-electron chi connectivity index (χ0n) is 24.5. The van der Waals surface area contributed by atoms with Gasteiger partial charge in [-0.2, -0.15) is 0 Å². The Hall–Kier alpha value is -2.86. The van der Waals surface area contributed by atoms with Crippen LogP contribution < -0.4 is 15.4 Å². The standard InChI is InChI=1S/C33H48N2O4/c1-24(2)20-29(34-22-26-12-8-6-9-13-26)31(36)35-30(32(37)39-33(3,4)5)21-25-16-18-28(19-17-25)38-23-27-14-10-7-11-15-27/h7,10-11,14-19,24,26,29-30,34H,6,8-9,12-13,20-23H2,1-5H3,(H,35,36)/t29-,30-/m0/s1. The number of benzene rings is 2. The zero-order chi connectivity index (χ0) is 28.3. The second kappa shape index (κ2) is 15.1. The molecule has 214 valence electrons. The third-order valence-electron chi connectivity index (χ3n) is 7.02. The predicted octanol–water partition coefficient (Wildman–Crippen LogP) is 6.22. The van der Waals surface area contributed by atoms with E-state index in [1.54, 1.807) is 0 Å². The van der Waals surface area contributed by atoms with Crippen LogP contribution in [0, 0.1) is 11.8 Å². The Labute approximate surface area is 235 Å². The van der Waals surface area contributed by atoms with Crippen LogP contribution in [0.15, 0.2) is 54.6 Å². The van der Waals surface area contributed by atoms with Gasteiger partial charge in [0.1, 0.15) is 24.0 Å². The van der Waals surface area contributed by atoms with Crippen LogP contribution in [-0.4, -0.2) is 36.1 Å². The number of esters is 1. The minimum Gasteiger partial charge on any atom is -0.489 e. The summed E-state index contributed by atoms with van der Waals surface area (Å²) in [6.07, 6.45) is 7.34. The third-order valence-corrected chi connectivity index (χ3v) is 7.02. The number of amides is 1. The van der Waals surface area contributed by atoms with E-state index in [1.807, 2.05) is 75.4 Å². The molecule has 1 aliphatic rings. The van der Waals surface area contributed by atoms with E-state index in [-0.39, 0.29) is 11.9 Å². The maximum absolute atomic E-state index is 13.5. The van der Waals surface area contributed by atoms with Gasteiger partial charge in [-0.25, -0.2) is 4.79 Å². The Bertz CT molecular complexity index is 1010. The minimum atomic E-state index is -0.779. The average Bonchev–Trinajstić information content (AvgIpc) is 2.90. The SMILES string of the molecule is CC(C)C[C@H](NCC1CCCCC1)C(=O)N[C@@H](Cc1ccc(OCc2ccccc2)cc1)C(=O)OC(C)(C)C. The lowest BCUT2D eigenvalue weighted by atomic mass is 9.89. The Kier molecular flexibility index (Phi) is 11.9. The maximum Gasteiger partial charge on any atom is 0.329 e. The van der Waals surface area contributed by atoms with E-state index in [0.29, 0.717) is 31.3 Å². The summed E-state index contributed by atoms with van der Waals surface area (Å²) >= 11 is 0. The summed E-state index contributed by atoms with van der Waals surface area (Å²) in [6, 6.07) is 16.6. The number of carbonyl (C=O) groups excluding carboxylic acids is 2. The van der Waals surface area contributed by atoms with E-state index in [0.717, 1.165) is 23.4 Å². The first-order valence-electron chi connectivity index (χ1n) is 14.6. The van der Waals surface area contributed by atoms with Gasteiger partial charge in [0.15, 0.2) is 0 Å². The summed E-state index contributed by atoms with van der Waals surface area (Å²) in [7, 11) is 0. The first-order valence-corrected chi connectivity index (χ1v) is 14.6.